The summed E-state index contributed by atoms with van der Waals surface area (Å²) < 4.78 is 17.7. The molecule has 1 amide bonds. The Labute approximate surface area is 531 Å². The van der Waals surface area contributed by atoms with Gasteiger partial charge in [-0.15, -0.1) is 0 Å². The van der Waals surface area contributed by atoms with Gasteiger partial charge >= 0.3 is 5.97 Å². The molecule has 1 aliphatic rings. The lowest BCUT2D eigenvalue weighted by atomic mass is 9.99. The van der Waals surface area contributed by atoms with Gasteiger partial charge in [0.2, 0.25) is 5.91 Å². The Bertz CT molecular complexity index is 1450. The van der Waals surface area contributed by atoms with E-state index in [-0.39, 0.29) is 13.0 Å². The maximum atomic E-state index is 13.5. The van der Waals surface area contributed by atoms with Crippen molar-refractivity contribution >= 4 is 11.9 Å². The third kappa shape index (κ3) is 50.1. The zero-order valence-electron chi connectivity index (χ0n) is 57.0. The van der Waals surface area contributed by atoms with Crippen molar-refractivity contribution < 1.29 is 49.3 Å². The van der Waals surface area contributed by atoms with E-state index in [4.69, 9.17) is 14.2 Å². The number of hydrogen-bond acceptors (Lipinski definition) is 10. The molecule has 0 aromatic rings. The fourth-order valence-electron chi connectivity index (χ4n) is 12.5. The van der Waals surface area contributed by atoms with Crippen LogP contribution in [-0.4, -0.2) is 99.6 Å². The second-order valence-electron chi connectivity index (χ2n) is 26.8. The minimum Gasteiger partial charge on any atom is -0.454 e. The first-order chi connectivity index (χ1) is 42.2. The lowest BCUT2D eigenvalue weighted by Gasteiger charge is -2.41. The van der Waals surface area contributed by atoms with Gasteiger partial charge < -0.3 is 45.1 Å². The monoisotopic (exact) mass is 1220 g/mol. The lowest BCUT2D eigenvalue weighted by molar-refractivity contribution is -0.305. The van der Waals surface area contributed by atoms with Gasteiger partial charge in [0.05, 0.1) is 25.4 Å². The first kappa shape index (κ1) is 82.4. The standard InChI is InChI=1S/C75H145NO10/c1-4-7-10-13-16-19-22-25-27-29-31-33-34-35-37-38-40-42-44-47-50-53-56-59-62-68(79)74(83)76-66(67(78)61-58-55-52-49-46-24-21-18-15-12-9-6-3)65-84-75-73(72(82)71(81)69(64-77)85-75)86-70(80)63-60-57-54-51-48-45-43-41-39-36-32-30-28-26-23-20-17-14-11-8-5-2/h58,61,66-69,71-73,75,77-79,81-82H,4-57,59-60,62-65H2,1-3H3,(H,76,83)/b61-58+. The van der Waals surface area contributed by atoms with Crippen LogP contribution in [0, 0.1) is 0 Å². The zero-order valence-corrected chi connectivity index (χ0v) is 57.0. The van der Waals surface area contributed by atoms with Gasteiger partial charge in [0.25, 0.3) is 0 Å². The number of amides is 1. The van der Waals surface area contributed by atoms with Crippen molar-refractivity contribution in [3.05, 3.63) is 12.2 Å². The van der Waals surface area contributed by atoms with E-state index >= 15 is 0 Å². The van der Waals surface area contributed by atoms with E-state index in [0.717, 1.165) is 57.8 Å². The fourth-order valence-corrected chi connectivity index (χ4v) is 12.5. The molecule has 0 bridgehead atoms. The van der Waals surface area contributed by atoms with E-state index in [1.54, 1.807) is 6.08 Å². The highest BCUT2D eigenvalue weighted by Crippen LogP contribution is 2.27. The molecule has 1 heterocycles. The van der Waals surface area contributed by atoms with Crippen molar-refractivity contribution in [3.63, 3.8) is 0 Å². The molecule has 6 N–H and O–H groups in total. The second kappa shape index (κ2) is 63.5. The van der Waals surface area contributed by atoms with Crippen molar-refractivity contribution in [2.45, 2.75) is 442 Å². The number of unbranched alkanes of at least 4 members (excludes halogenated alkanes) is 53. The Kier molecular flexibility index (Phi) is 60.9. The Morgan fingerprint density at radius 2 is 0.756 bits per heavy atom. The molecule has 11 heteroatoms. The van der Waals surface area contributed by atoms with Crippen LogP contribution >= 0.6 is 0 Å². The first-order valence-corrected chi connectivity index (χ1v) is 38.0. The van der Waals surface area contributed by atoms with Crippen molar-refractivity contribution in [3.8, 4) is 0 Å². The van der Waals surface area contributed by atoms with Crippen LogP contribution < -0.4 is 5.32 Å². The van der Waals surface area contributed by atoms with Gasteiger partial charge in [-0.3, -0.25) is 9.59 Å². The van der Waals surface area contributed by atoms with Crippen LogP contribution in [0.5, 0.6) is 0 Å². The summed E-state index contributed by atoms with van der Waals surface area (Å²) in [5, 5.41) is 57.3. The average Bonchev–Trinajstić information content (AvgIpc) is 2.69. The molecular formula is C75H145NO10. The van der Waals surface area contributed by atoms with Crippen LogP contribution in [0.2, 0.25) is 0 Å². The predicted molar refractivity (Wildman–Crippen MR) is 361 cm³/mol. The quantitative estimate of drug-likeness (QED) is 0.0195. The second-order valence-corrected chi connectivity index (χ2v) is 26.8. The van der Waals surface area contributed by atoms with Gasteiger partial charge in [0, 0.05) is 6.42 Å². The van der Waals surface area contributed by atoms with E-state index in [0.29, 0.717) is 19.3 Å². The van der Waals surface area contributed by atoms with Gasteiger partial charge in [-0.1, -0.05) is 373 Å². The maximum Gasteiger partial charge on any atom is 0.306 e. The molecule has 510 valence electrons. The Morgan fingerprint density at radius 3 is 1.09 bits per heavy atom. The topological polar surface area (TPSA) is 175 Å². The molecule has 1 saturated heterocycles. The summed E-state index contributed by atoms with van der Waals surface area (Å²) in [5.74, 6) is -1.17. The number of carbonyl (C=O) groups excluding carboxylic acids is 2. The van der Waals surface area contributed by atoms with Crippen LogP contribution in [0.4, 0.5) is 0 Å². The Balaban J connectivity index is 2.52. The van der Waals surface area contributed by atoms with E-state index in [2.05, 4.69) is 26.1 Å². The third-order valence-electron chi connectivity index (χ3n) is 18.4. The molecule has 1 fully saturated rings. The molecule has 1 rings (SSSR count). The van der Waals surface area contributed by atoms with Gasteiger partial charge in [-0.25, -0.2) is 0 Å². The molecule has 8 atom stereocenters. The zero-order chi connectivity index (χ0) is 62.4. The Morgan fingerprint density at radius 1 is 0.442 bits per heavy atom. The lowest BCUT2D eigenvalue weighted by Crippen LogP contribution is -2.61. The first-order valence-electron chi connectivity index (χ1n) is 38.0. The number of rotatable bonds is 67. The number of aliphatic hydroxyl groups is 5. The molecule has 8 unspecified atom stereocenters. The summed E-state index contributed by atoms with van der Waals surface area (Å²) in [6, 6.07) is -1.02. The van der Waals surface area contributed by atoms with E-state index in [1.165, 1.54) is 289 Å². The number of ether oxygens (including phenoxy) is 3. The summed E-state index contributed by atoms with van der Waals surface area (Å²) >= 11 is 0. The SMILES string of the molecule is CCCCCCCCCCCC/C=C/C(O)C(COC1OC(CO)C(O)C(O)C1OC(=O)CCCCCCCCCCCCCCCCCCCCCCC)NC(=O)C(O)CCCCCCCCCCCCCCCCCCCCCCCCCC. The molecule has 0 aromatic heterocycles. The number of nitrogens with one attached hydrogen (secondary N) is 1. The molecule has 0 spiro atoms. The van der Waals surface area contributed by atoms with Crippen LogP contribution in [0.3, 0.4) is 0 Å². The summed E-state index contributed by atoms with van der Waals surface area (Å²) in [6.07, 6.45) is 65.5. The van der Waals surface area contributed by atoms with E-state index < -0.39 is 67.4 Å². The number of aliphatic hydroxyl groups excluding tert-OH is 5. The molecule has 1 aliphatic heterocycles. The molecule has 0 radical (unpaired) electrons. The highest BCUT2D eigenvalue weighted by Gasteiger charge is 2.47. The van der Waals surface area contributed by atoms with Crippen molar-refractivity contribution in [2.24, 2.45) is 0 Å². The molecule has 0 saturated carbocycles. The van der Waals surface area contributed by atoms with Crippen LogP contribution in [-0.2, 0) is 23.8 Å². The number of carbonyl (C=O) groups is 2. The third-order valence-corrected chi connectivity index (χ3v) is 18.4. The highest BCUT2D eigenvalue weighted by atomic mass is 16.7. The van der Waals surface area contributed by atoms with Gasteiger partial charge in [-0.05, 0) is 25.7 Å². The summed E-state index contributed by atoms with van der Waals surface area (Å²) in [6.45, 7) is 5.87. The minimum atomic E-state index is -1.61. The molecule has 11 nitrogen and oxygen atoms in total. The summed E-state index contributed by atoms with van der Waals surface area (Å²) in [5.41, 5.74) is 0. The maximum absolute atomic E-state index is 13.5. The van der Waals surface area contributed by atoms with Gasteiger partial charge in [0.15, 0.2) is 12.4 Å². The Hall–Kier alpha value is -1.60. The van der Waals surface area contributed by atoms with Crippen LogP contribution in [0.25, 0.3) is 0 Å². The molecule has 0 aromatic carbocycles. The van der Waals surface area contributed by atoms with E-state index in [1.807, 2.05) is 6.08 Å². The van der Waals surface area contributed by atoms with E-state index in [9.17, 15) is 35.1 Å². The van der Waals surface area contributed by atoms with Crippen LogP contribution in [0.15, 0.2) is 12.2 Å². The van der Waals surface area contributed by atoms with Crippen molar-refractivity contribution in [2.75, 3.05) is 13.2 Å². The largest absolute Gasteiger partial charge is 0.454 e. The normalized spacial score (nSPS) is 18.3. The summed E-state index contributed by atoms with van der Waals surface area (Å²) in [4.78, 5) is 26.7. The summed E-state index contributed by atoms with van der Waals surface area (Å²) in [7, 11) is 0. The number of esters is 1. The predicted octanol–water partition coefficient (Wildman–Crippen LogP) is 19.8. The minimum absolute atomic E-state index is 0.132. The van der Waals surface area contributed by atoms with Crippen LogP contribution in [0.1, 0.15) is 393 Å². The molecule has 86 heavy (non-hydrogen) atoms. The van der Waals surface area contributed by atoms with Gasteiger partial charge in [0.1, 0.15) is 24.4 Å². The highest BCUT2D eigenvalue weighted by molar-refractivity contribution is 5.80. The van der Waals surface area contributed by atoms with Crippen molar-refractivity contribution in [1.82, 2.24) is 5.32 Å². The van der Waals surface area contributed by atoms with Crippen molar-refractivity contribution in [1.29, 1.82) is 0 Å². The number of hydrogen-bond donors (Lipinski definition) is 6. The smallest absolute Gasteiger partial charge is 0.306 e. The van der Waals surface area contributed by atoms with Gasteiger partial charge in [-0.2, -0.15) is 0 Å². The number of allylic oxidation sites excluding steroid dienone is 1. The molecule has 0 aliphatic carbocycles. The molecular weight excluding hydrogens is 1070 g/mol. The fraction of sp³-hybridized carbons (Fsp3) is 0.947. The average molecular weight is 1220 g/mol.